The number of amides is 1. The van der Waals surface area contributed by atoms with Gasteiger partial charge in [0, 0.05) is 24.1 Å². The Bertz CT molecular complexity index is 785. The summed E-state index contributed by atoms with van der Waals surface area (Å²) in [7, 11) is 0. The highest BCUT2D eigenvalue weighted by Crippen LogP contribution is 2.31. The number of para-hydroxylation sites is 1. The average molecular weight is 339 g/mol. The Morgan fingerprint density at radius 3 is 2.56 bits per heavy atom. The number of ketones is 1. The van der Waals surface area contributed by atoms with E-state index in [1.807, 2.05) is 31.2 Å². The van der Waals surface area contributed by atoms with E-state index in [1.165, 1.54) is 0 Å². The third kappa shape index (κ3) is 4.38. The standard InChI is InChI=1S/C20H21NO4/c1-14-5-2-3-6-16(14)21-20(23)8-4-7-17(22)15-9-10-18-19(13-15)25-12-11-24-18/h2-3,5-6,9-10,13H,4,7-8,11-12H2,1H3,(H,21,23). The van der Waals surface area contributed by atoms with Gasteiger partial charge >= 0.3 is 0 Å². The number of rotatable bonds is 6. The van der Waals surface area contributed by atoms with Crippen LogP contribution in [0.15, 0.2) is 42.5 Å². The summed E-state index contributed by atoms with van der Waals surface area (Å²) in [5, 5.41) is 2.88. The van der Waals surface area contributed by atoms with Crippen LogP contribution in [-0.4, -0.2) is 24.9 Å². The molecule has 0 fully saturated rings. The van der Waals surface area contributed by atoms with Crippen molar-refractivity contribution in [1.82, 2.24) is 0 Å². The van der Waals surface area contributed by atoms with Crippen molar-refractivity contribution < 1.29 is 19.1 Å². The number of benzene rings is 2. The van der Waals surface area contributed by atoms with Crippen LogP contribution in [0.4, 0.5) is 5.69 Å². The molecule has 0 unspecified atom stereocenters. The molecule has 1 aliphatic rings. The Balaban J connectivity index is 1.49. The van der Waals surface area contributed by atoms with E-state index in [0.29, 0.717) is 49.5 Å². The van der Waals surface area contributed by atoms with Crippen molar-refractivity contribution in [2.45, 2.75) is 26.2 Å². The second kappa shape index (κ2) is 7.83. The van der Waals surface area contributed by atoms with Gasteiger partial charge in [0.1, 0.15) is 13.2 Å². The summed E-state index contributed by atoms with van der Waals surface area (Å²) in [5.74, 6) is 1.19. The maximum Gasteiger partial charge on any atom is 0.224 e. The topological polar surface area (TPSA) is 64.6 Å². The third-order valence-electron chi connectivity index (χ3n) is 4.09. The summed E-state index contributed by atoms with van der Waals surface area (Å²) in [6, 6.07) is 12.8. The molecule has 0 atom stereocenters. The Labute approximate surface area is 147 Å². The van der Waals surface area contributed by atoms with Gasteiger partial charge in [0.15, 0.2) is 17.3 Å². The van der Waals surface area contributed by atoms with Crippen LogP contribution >= 0.6 is 0 Å². The highest BCUT2D eigenvalue weighted by atomic mass is 16.6. The largest absolute Gasteiger partial charge is 0.486 e. The van der Waals surface area contributed by atoms with Gasteiger partial charge in [-0.05, 0) is 43.2 Å². The monoisotopic (exact) mass is 339 g/mol. The number of aryl methyl sites for hydroxylation is 1. The highest BCUT2D eigenvalue weighted by Gasteiger charge is 2.15. The van der Waals surface area contributed by atoms with E-state index in [9.17, 15) is 9.59 Å². The lowest BCUT2D eigenvalue weighted by Crippen LogP contribution is -2.16. The van der Waals surface area contributed by atoms with Crippen LogP contribution in [0.2, 0.25) is 0 Å². The molecule has 0 aliphatic carbocycles. The summed E-state index contributed by atoms with van der Waals surface area (Å²) in [4.78, 5) is 24.3. The number of nitrogens with one attached hydrogen (secondary N) is 1. The van der Waals surface area contributed by atoms with Crippen molar-refractivity contribution in [3.8, 4) is 11.5 Å². The Hall–Kier alpha value is -2.82. The summed E-state index contributed by atoms with van der Waals surface area (Å²) in [6.45, 7) is 2.96. The van der Waals surface area contributed by atoms with E-state index in [4.69, 9.17) is 9.47 Å². The first-order chi connectivity index (χ1) is 12.1. The molecule has 0 saturated carbocycles. The quantitative estimate of drug-likeness (QED) is 0.814. The number of hydrogen-bond acceptors (Lipinski definition) is 4. The molecule has 5 nitrogen and oxygen atoms in total. The van der Waals surface area contributed by atoms with Gasteiger partial charge < -0.3 is 14.8 Å². The zero-order valence-electron chi connectivity index (χ0n) is 14.2. The van der Waals surface area contributed by atoms with Gasteiger partial charge in [-0.15, -0.1) is 0 Å². The molecular formula is C20H21NO4. The minimum absolute atomic E-state index is 0.000616. The van der Waals surface area contributed by atoms with E-state index in [2.05, 4.69) is 5.32 Å². The second-order valence-corrected chi connectivity index (χ2v) is 6.00. The lowest BCUT2D eigenvalue weighted by molar-refractivity contribution is -0.116. The zero-order chi connectivity index (χ0) is 17.6. The van der Waals surface area contributed by atoms with Crippen LogP contribution in [0.1, 0.15) is 35.2 Å². The number of carbonyl (C=O) groups is 2. The molecular weight excluding hydrogens is 318 g/mol. The number of hydrogen-bond donors (Lipinski definition) is 1. The molecule has 2 aromatic rings. The molecule has 1 heterocycles. The molecule has 3 rings (SSSR count). The number of anilines is 1. The summed E-state index contributed by atoms with van der Waals surface area (Å²) in [6.07, 6.45) is 1.14. The van der Waals surface area contributed by atoms with E-state index >= 15 is 0 Å². The highest BCUT2D eigenvalue weighted by molar-refractivity contribution is 5.97. The molecule has 0 saturated heterocycles. The van der Waals surface area contributed by atoms with E-state index in [1.54, 1.807) is 18.2 Å². The van der Waals surface area contributed by atoms with Crippen LogP contribution in [-0.2, 0) is 4.79 Å². The van der Waals surface area contributed by atoms with Crippen molar-refractivity contribution >= 4 is 17.4 Å². The summed E-state index contributed by atoms with van der Waals surface area (Å²) in [5.41, 5.74) is 2.41. The predicted octanol–water partition coefficient (Wildman–Crippen LogP) is 3.76. The SMILES string of the molecule is Cc1ccccc1NC(=O)CCCC(=O)c1ccc2c(c1)OCCO2. The van der Waals surface area contributed by atoms with E-state index in [0.717, 1.165) is 11.3 Å². The maximum absolute atomic E-state index is 12.3. The van der Waals surface area contributed by atoms with Gasteiger partial charge in [0.05, 0.1) is 0 Å². The number of Topliss-reactive ketones (excluding diaryl/α,β-unsaturated/α-hetero) is 1. The van der Waals surface area contributed by atoms with Crippen molar-refractivity contribution in [2.75, 3.05) is 18.5 Å². The molecule has 2 aromatic carbocycles. The van der Waals surface area contributed by atoms with E-state index in [-0.39, 0.29) is 11.7 Å². The molecule has 0 bridgehead atoms. The van der Waals surface area contributed by atoms with Crippen LogP contribution in [0.3, 0.4) is 0 Å². The molecule has 5 heteroatoms. The minimum Gasteiger partial charge on any atom is -0.486 e. The molecule has 1 aliphatic heterocycles. The first-order valence-electron chi connectivity index (χ1n) is 8.42. The normalized spacial score (nSPS) is 12.5. The predicted molar refractivity (Wildman–Crippen MR) is 95.4 cm³/mol. The van der Waals surface area contributed by atoms with Crippen LogP contribution in [0, 0.1) is 6.92 Å². The molecule has 0 aromatic heterocycles. The zero-order valence-corrected chi connectivity index (χ0v) is 14.2. The summed E-state index contributed by atoms with van der Waals surface area (Å²) < 4.78 is 10.9. The summed E-state index contributed by atoms with van der Waals surface area (Å²) >= 11 is 0. The van der Waals surface area contributed by atoms with Gasteiger partial charge in [0.2, 0.25) is 5.91 Å². The van der Waals surface area contributed by atoms with Crippen molar-refractivity contribution in [3.05, 3.63) is 53.6 Å². The number of fused-ring (bicyclic) bond motifs is 1. The maximum atomic E-state index is 12.3. The average Bonchev–Trinajstić information content (AvgIpc) is 2.63. The molecule has 1 amide bonds. The molecule has 130 valence electrons. The molecule has 1 N–H and O–H groups in total. The van der Waals surface area contributed by atoms with Gasteiger partial charge in [0.25, 0.3) is 0 Å². The van der Waals surface area contributed by atoms with Gasteiger partial charge in [-0.25, -0.2) is 0 Å². The molecule has 0 spiro atoms. The van der Waals surface area contributed by atoms with Crippen LogP contribution in [0.25, 0.3) is 0 Å². The Morgan fingerprint density at radius 1 is 1.00 bits per heavy atom. The van der Waals surface area contributed by atoms with Gasteiger partial charge in [-0.1, -0.05) is 18.2 Å². The van der Waals surface area contributed by atoms with Gasteiger partial charge in [-0.3, -0.25) is 9.59 Å². The fourth-order valence-corrected chi connectivity index (χ4v) is 2.70. The fourth-order valence-electron chi connectivity index (χ4n) is 2.70. The molecule has 0 radical (unpaired) electrons. The Morgan fingerprint density at radius 2 is 1.76 bits per heavy atom. The first kappa shape index (κ1) is 17.0. The van der Waals surface area contributed by atoms with E-state index < -0.39 is 0 Å². The fraction of sp³-hybridized carbons (Fsp3) is 0.300. The third-order valence-corrected chi connectivity index (χ3v) is 4.09. The van der Waals surface area contributed by atoms with Crippen LogP contribution in [0.5, 0.6) is 11.5 Å². The smallest absolute Gasteiger partial charge is 0.224 e. The lowest BCUT2D eigenvalue weighted by Gasteiger charge is -2.18. The molecule has 25 heavy (non-hydrogen) atoms. The number of carbonyl (C=O) groups excluding carboxylic acids is 2. The van der Waals surface area contributed by atoms with Crippen molar-refractivity contribution in [1.29, 1.82) is 0 Å². The first-order valence-corrected chi connectivity index (χ1v) is 8.42. The minimum atomic E-state index is -0.0794. The van der Waals surface area contributed by atoms with Crippen LogP contribution < -0.4 is 14.8 Å². The van der Waals surface area contributed by atoms with Gasteiger partial charge in [-0.2, -0.15) is 0 Å². The van der Waals surface area contributed by atoms with Crippen molar-refractivity contribution in [3.63, 3.8) is 0 Å². The number of ether oxygens (including phenoxy) is 2. The van der Waals surface area contributed by atoms with Crippen molar-refractivity contribution in [2.24, 2.45) is 0 Å². The second-order valence-electron chi connectivity index (χ2n) is 6.00. The lowest BCUT2D eigenvalue weighted by atomic mass is 10.0. The Kier molecular flexibility index (Phi) is 5.33.